The maximum Gasteiger partial charge on any atom is 0.391 e. The first-order valence-corrected chi connectivity index (χ1v) is 6.31. The Bertz CT molecular complexity index is 511. The summed E-state index contributed by atoms with van der Waals surface area (Å²) >= 11 is 4.44. The Morgan fingerprint density at radius 2 is 2.12 bits per heavy atom. The van der Waals surface area contributed by atoms with Gasteiger partial charge in [0.05, 0.1) is 12.3 Å². The number of thiocarbonyl (C=S) groups is 1. The Morgan fingerprint density at radius 1 is 1.56 bits per heavy atom. The highest BCUT2D eigenvalue weighted by atomic mass is 32.1. The first-order chi connectivity index (χ1) is 7.55. The number of rotatable bonds is 3. The van der Waals surface area contributed by atoms with Crippen molar-refractivity contribution in [2.45, 2.75) is 5.47 Å². The molecule has 84 valence electrons. The zero-order valence-corrected chi connectivity index (χ0v) is 9.99. The van der Waals surface area contributed by atoms with Crippen LogP contribution in [0, 0.1) is 0 Å². The number of aliphatic imine (C=N–C) groups is 1. The standard InChI is InChI=1S/C9H8NO4PS/c1-13-8-4-2-7(3-5-8)9(10-6-16)14-15(9,11)12/h2-5H,1H3,(H,11,12). The van der Waals surface area contributed by atoms with Crippen molar-refractivity contribution in [1.82, 2.24) is 0 Å². The van der Waals surface area contributed by atoms with Crippen molar-refractivity contribution in [1.29, 1.82) is 0 Å². The lowest BCUT2D eigenvalue weighted by atomic mass is 10.2. The van der Waals surface area contributed by atoms with E-state index in [2.05, 4.69) is 22.4 Å². The van der Waals surface area contributed by atoms with Crippen molar-refractivity contribution < 1.29 is 18.7 Å². The van der Waals surface area contributed by atoms with Crippen LogP contribution in [0.2, 0.25) is 0 Å². The first kappa shape index (κ1) is 11.5. The molecule has 7 heteroatoms. The maximum atomic E-state index is 11.4. The minimum atomic E-state index is -3.73. The molecule has 1 aliphatic heterocycles. The number of isothiocyanates is 1. The molecule has 5 nitrogen and oxygen atoms in total. The van der Waals surface area contributed by atoms with Crippen LogP contribution in [-0.4, -0.2) is 17.2 Å². The quantitative estimate of drug-likeness (QED) is 0.388. The van der Waals surface area contributed by atoms with Gasteiger partial charge in [0.1, 0.15) is 5.75 Å². The van der Waals surface area contributed by atoms with Gasteiger partial charge in [0.25, 0.3) is 0 Å². The van der Waals surface area contributed by atoms with Gasteiger partial charge in [-0.05, 0) is 36.5 Å². The van der Waals surface area contributed by atoms with E-state index in [9.17, 15) is 9.46 Å². The zero-order valence-electron chi connectivity index (χ0n) is 8.28. The van der Waals surface area contributed by atoms with E-state index in [0.29, 0.717) is 11.3 Å². The van der Waals surface area contributed by atoms with Gasteiger partial charge in [-0.1, -0.05) is 0 Å². The van der Waals surface area contributed by atoms with Gasteiger partial charge in [-0.2, -0.15) is 4.99 Å². The third-order valence-electron chi connectivity index (χ3n) is 2.26. The van der Waals surface area contributed by atoms with Gasteiger partial charge in [0.2, 0.25) is 0 Å². The molecular weight excluding hydrogens is 249 g/mol. The number of methoxy groups -OCH3 is 1. The molecule has 1 heterocycles. The second-order valence-corrected chi connectivity index (χ2v) is 5.16. The Labute approximate surface area is 97.3 Å². The summed E-state index contributed by atoms with van der Waals surface area (Å²) in [7, 11) is -2.20. The second-order valence-electron chi connectivity index (χ2n) is 3.15. The maximum absolute atomic E-state index is 11.4. The minimum Gasteiger partial charge on any atom is -0.497 e. The van der Waals surface area contributed by atoms with Crippen molar-refractivity contribution in [3.05, 3.63) is 29.8 Å². The topological polar surface area (TPSA) is 71.4 Å². The summed E-state index contributed by atoms with van der Waals surface area (Å²) < 4.78 is 21.2. The monoisotopic (exact) mass is 257 g/mol. The van der Waals surface area contributed by atoms with E-state index in [1.54, 1.807) is 24.3 Å². The normalized spacial score (nSPS) is 31.6. The third-order valence-corrected chi connectivity index (χ3v) is 3.92. The summed E-state index contributed by atoms with van der Waals surface area (Å²) in [5.74, 6) is 0.638. The van der Waals surface area contributed by atoms with Gasteiger partial charge in [0.15, 0.2) is 0 Å². The number of nitrogens with zero attached hydrogens (tertiary/aromatic N) is 1. The summed E-state index contributed by atoms with van der Waals surface area (Å²) in [6, 6.07) is 6.51. The van der Waals surface area contributed by atoms with Crippen molar-refractivity contribution in [3.8, 4) is 5.75 Å². The summed E-state index contributed by atoms with van der Waals surface area (Å²) in [6.07, 6.45) is 0. The molecule has 1 aromatic rings. The molecule has 1 fully saturated rings. The zero-order chi connectivity index (χ0) is 11.8. The molecule has 2 rings (SSSR count). The van der Waals surface area contributed by atoms with Gasteiger partial charge in [-0.25, -0.2) is 0 Å². The summed E-state index contributed by atoms with van der Waals surface area (Å²) in [6.45, 7) is 0. The van der Waals surface area contributed by atoms with E-state index >= 15 is 0 Å². The molecule has 1 aromatic carbocycles. The SMILES string of the molecule is COc1ccc(C2(N=C=S)OP2(=O)O)cc1. The first-order valence-electron chi connectivity index (χ1n) is 4.33. The minimum absolute atomic E-state index is 0.455. The molecule has 0 amide bonds. The Hall–Kier alpha value is -1.03. The van der Waals surface area contributed by atoms with Crippen molar-refractivity contribution in [2.75, 3.05) is 7.11 Å². The molecule has 16 heavy (non-hydrogen) atoms. The van der Waals surface area contributed by atoms with E-state index in [-0.39, 0.29) is 0 Å². The third kappa shape index (κ3) is 1.61. The van der Waals surface area contributed by atoms with Crippen LogP contribution >= 0.6 is 19.8 Å². The average molecular weight is 257 g/mol. The van der Waals surface area contributed by atoms with E-state index < -0.39 is 13.1 Å². The van der Waals surface area contributed by atoms with E-state index in [1.165, 1.54) is 7.11 Å². The highest BCUT2D eigenvalue weighted by Crippen LogP contribution is 2.80. The van der Waals surface area contributed by atoms with Crippen LogP contribution in [0.1, 0.15) is 5.56 Å². The fourth-order valence-electron chi connectivity index (χ4n) is 1.39. The van der Waals surface area contributed by atoms with Gasteiger partial charge >= 0.3 is 13.1 Å². The summed E-state index contributed by atoms with van der Waals surface area (Å²) in [5.41, 5.74) is -1.10. The fraction of sp³-hybridized carbons (Fsp3) is 0.222. The van der Waals surface area contributed by atoms with E-state index in [1.807, 2.05) is 0 Å². The van der Waals surface area contributed by atoms with Gasteiger partial charge in [-0.3, -0.25) is 9.09 Å². The molecule has 0 bridgehead atoms. The molecule has 2 atom stereocenters. The number of hydrogen-bond acceptors (Lipinski definition) is 5. The van der Waals surface area contributed by atoms with Crippen molar-refractivity contribution in [2.24, 2.45) is 4.99 Å². The second kappa shape index (κ2) is 3.77. The van der Waals surface area contributed by atoms with Crippen LogP contribution in [0.25, 0.3) is 0 Å². The van der Waals surface area contributed by atoms with E-state index in [0.717, 1.165) is 0 Å². The van der Waals surface area contributed by atoms with Crippen LogP contribution in [0.4, 0.5) is 0 Å². The molecule has 0 aliphatic carbocycles. The Kier molecular flexibility index (Phi) is 2.70. The predicted molar refractivity (Wildman–Crippen MR) is 60.6 cm³/mol. The Balaban J connectivity index is 2.43. The summed E-state index contributed by atoms with van der Waals surface area (Å²) in [5, 5.41) is 2.07. The highest BCUT2D eigenvalue weighted by molar-refractivity contribution is 7.78. The number of ether oxygens (including phenoxy) is 1. The molecule has 2 unspecified atom stereocenters. The average Bonchev–Trinajstić information content (AvgIpc) is 2.83. The predicted octanol–water partition coefficient (Wildman–Crippen LogP) is 2.12. The van der Waals surface area contributed by atoms with Crippen LogP contribution in [0.15, 0.2) is 29.3 Å². The highest BCUT2D eigenvalue weighted by Gasteiger charge is 2.70. The molecule has 0 spiro atoms. The largest absolute Gasteiger partial charge is 0.497 e. The molecule has 1 saturated heterocycles. The van der Waals surface area contributed by atoms with Gasteiger partial charge in [-0.15, -0.1) is 0 Å². The lowest BCUT2D eigenvalue weighted by molar-refractivity contribution is 0.328. The molecule has 0 radical (unpaired) electrons. The molecular formula is C9H8NO4PS. The number of benzene rings is 1. The molecule has 1 aliphatic rings. The van der Waals surface area contributed by atoms with Crippen molar-refractivity contribution >= 4 is 25.0 Å². The van der Waals surface area contributed by atoms with Gasteiger partial charge < -0.3 is 9.63 Å². The van der Waals surface area contributed by atoms with Crippen LogP contribution in [-0.2, 0) is 14.6 Å². The van der Waals surface area contributed by atoms with E-state index in [4.69, 9.17) is 9.26 Å². The van der Waals surface area contributed by atoms with Crippen LogP contribution < -0.4 is 4.74 Å². The molecule has 0 aromatic heterocycles. The Morgan fingerprint density at radius 3 is 2.50 bits per heavy atom. The number of hydrogen-bond donors (Lipinski definition) is 1. The molecule has 0 saturated carbocycles. The van der Waals surface area contributed by atoms with Crippen LogP contribution in [0.5, 0.6) is 5.75 Å². The van der Waals surface area contributed by atoms with Crippen molar-refractivity contribution in [3.63, 3.8) is 0 Å². The summed E-state index contributed by atoms with van der Waals surface area (Å²) in [4.78, 5) is 13.0. The smallest absolute Gasteiger partial charge is 0.391 e. The lowest BCUT2D eigenvalue weighted by Crippen LogP contribution is -2.02. The molecule has 1 N–H and O–H groups in total. The van der Waals surface area contributed by atoms with Crippen LogP contribution in [0.3, 0.4) is 0 Å². The van der Waals surface area contributed by atoms with Gasteiger partial charge in [0, 0.05) is 5.56 Å². The lowest BCUT2D eigenvalue weighted by Gasteiger charge is -2.04. The fourth-order valence-corrected chi connectivity index (χ4v) is 2.89.